The fraction of sp³-hybridized carbons (Fsp3) is 0.462. The van der Waals surface area contributed by atoms with Gasteiger partial charge in [0.25, 0.3) is 8.68 Å². The van der Waals surface area contributed by atoms with Gasteiger partial charge in [-0.1, -0.05) is 32.4 Å². The lowest BCUT2D eigenvalue weighted by atomic mass is 9.86. The molecule has 0 aliphatic rings. The van der Waals surface area contributed by atoms with Gasteiger partial charge in [-0.15, -0.1) is 0 Å². The van der Waals surface area contributed by atoms with Crippen LogP contribution in [0, 0.1) is 0 Å². The number of hydrogen-bond donors (Lipinski definition) is 1. The summed E-state index contributed by atoms with van der Waals surface area (Å²) >= 11 is 5.99. The molecule has 0 atom stereocenters. The van der Waals surface area contributed by atoms with Crippen LogP contribution in [-0.2, 0) is 9.88 Å². The summed E-state index contributed by atoms with van der Waals surface area (Å²) in [7, 11) is -1.13. The smallest absolute Gasteiger partial charge is 0.335 e. The second-order valence-corrected chi connectivity index (χ2v) is 7.38. The minimum atomic E-state index is -1.13. The molecule has 1 N–H and O–H groups in total. The molecular weight excluding hydrogens is 268 g/mol. The molecule has 1 aromatic carbocycles. The van der Waals surface area contributed by atoms with Crippen LogP contribution in [0.5, 0.6) is 0 Å². The number of carboxylic acids is 1. The van der Waals surface area contributed by atoms with Crippen LogP contribution in [0.1, 0.15) is 36.7 Å². The predicted octanol–water partition coefficient (Wildman–Crippen LogP) is 4.00. The summed E-state index contributed by atoms with van der Waals surface area (Å²) in [5.74, 6) is -0.924. The molecule has 0 unspecified atom stereocenters. The first-order chi connectivity index (χ1) is 8.05. The molecule has 0 bridgehead atoms. The zero-order valence-electron chi connectivity index (χ0n) is 11.4. The first-order valence-corrected chi connectivity index (χ1v) is 8.35. The van der Waals surface area contributed by atoms with Gasteiger partial charge in [-0.25, -0.2) is 4.79 Å². The first-order valence-electron chi connectivity index (χ1n) is 5.56. The Morgan fingerprint density at radius 2 is 1.72 bits per heavy atom. The molecule has 5 heteroatoms. The molecule has 0 aromatic heterocycles. The SMILES string of the molecule is CC(C)(C)c1cc(C(=O)O)ccc1Cl.C[Si](C)=O. The molecular formula is C13H19ClO3Si. The minimum Gasteiger partial charge on any atom is -0.478 e. The highest BCUT2D eigenvalue weighted by atomic mass is 35.5. The lowest BCUT2D eigenvalue weighted by Crippen LogP contribution is -2.13. The van der Waals surface area contributed by atoms with Crippen LogP contribution in [0.15, 0.2) is 18.2 Å². The fourth-order valence-electron chi connectivity index (χ4n) is 1.23. The van der Waals surface area contributed by atoms with Crippen LogP contribution < -0.4 is 0 Å². The molecule has 18 heavy (non-hydrogen) atoms. The number of carbonyl (C=O) groups is 1. The highest BCUT2D eigenvalue weighted by molar-refractivity contribution is 6.38. The lowest BCUT2D eigenvalue weighted by Gasteiger charge is -2.20. The van der Waals surface area contributed by atoms with Crippen molar-refractivity contribution in [2.75, 3.05) is 0 Å². The zero-order valence-corrected chi connectivity index (χ0v) is 13.1. The Morgan fingerprint density at radius 1 is 1.28 bits per heavy atom. The van der Waals surface area contributed by atoms with Crippen molar-refractivity contribution in [2.45, 2.75) is 39.3 Å². The summed E-state index contributed by atoms with van der Waals surface area (Å²) in [6, 6.07) is 4.77. The number of hydrogen-bond acceptors (Lipinski definition) is 2. The summed E-state index contributed by atoms with van der Waals surface area (Å²) in [6.45, 7) is 9.43. The number of carboxylic acid groups (broad SMARTS) is 1. The minimum absolute atomic E-state index is 0.136. The third kappa shape index (κ3) is 6.07. The van der Waals surface area contributed by atoms with Crippen molar-refractivity contribution in [3.63, 3.8) is 0 Å². The highest BCUT2D eigenvalue weighted by Gasteiger charge is 2.18. The molecule has 0 aliphatic carbocycles. The van der Waals surface area contributed by atoms with Crippen molar-refractivity contribution in [2.24, 2.45) is 0 Å². The Labute approximate surface area is 114 Å². The van der Waals surface area contributed by atoms with E-state index in [1.165, 1.54) is 6.07 Å². The summed E-state index contributed by atoms with van der Waals surface area (Å²) in [5, 5.41) is 9.44. The van der Waals surface area contributed by atoms with Crippen molar-refractivity contribution in [3.05, 3.63) is 34.3 Å². The molecule has 0 spiro atoms. The molecule has 1 aromatic rings. The van der Waals surface area contributed by atoms with Crippen molar-refractivity contribution in [1.82, 2.24) is 0 Å². The number of rotatable bonds is 1. The van der Waals surface area contributed by atoms with Gasteiger partial charge in [-0.05, 0) is 42.3 Å². The molecule has 0 saturated heterocycles. The zero-order chi connectivity index (χ0) is 14.5. The van der Waals surface area contributed by atoms with Crippen molar-refractivity contribution in [3.8, 4) is 0 Å². The molecule has 0 fully saturated rings. The van der Waals surface area contributed by atoms with Gasteiger partial charge in [0.1, 0.15) is 0 Å². The van der Waals surface area contributed by atoms with Gasteiger partial charge in [-0.2, -0.15) is 0 Å². The topological polar surface area (TPSA) is 54.4 Å². The fourth-order valence-corrected chi connectivity index (χ4v) is 1.63. The van der Waals surface area contributed by atoms with Gasteiger partial charge in [0, 0.05) is 5.02 Å². The molecule has 3 nitrogen and oxygen atoms in total. The first kappa shape index (κ1) is 17.0. The molecule has 0 aliphatic heterocycles. The van der Waals surface area contributed by atoms with Gasteiger partial charge in [0.15, 0.2) is 0 Å². The van der Waals surface area contributed by atoms with Gasteiger partial charge in [0.05, 0.1) is 5.56 Å². The molecule has 100 valence electrons. The maximum absolute atomic E-state index is 10.7. The van der Waals surface area contributed by atoms with Gasteiger partial charge >= 0.3 is 5.97 Å². The summed E-state index contributed by atoms with van der Waals surface area (Å²) < 4.78 is 9.63. The van der Waals surface area contributed by atoms with E-state index in [2.05, 4.69) is 0 Å². The van der Waals surface area contributed by atoms with Crippen LogP contribution in [0.3, 0.4) is 0 Å². The van der Waals surface area contributed by atoms with Crippen LogP contribution in [0.4, 0.5) is 0 Å². The van der Waals surface area contributed by atoms with Crippen LogP contribution in [-0.4, -0.2) is 19.8 Å². The van der Waals surface area contributed by atoms with E-state index in [4.69, 9.17) is 16.7 Å². The van der Waals surface area contributed by atoms with E-state index in [0.717, 1.165) is 5.56 Å². The summed E-state index contributed by atoms with van der Waals surface area (Å²) in [6.07, 6.45) is 0. The van der Waals surface area contributed by atoms with Crippen molar-refractivity contribution >= 4 is 26.3 Å². The molecule has 0 amide bonds. The molecule has 1 rings (SSSR count). The second kappa shape index (κ2) is 6.80. The lowest BCUT2D eigenvalue weighted by molar-refractivity contribution is 0.0696. The van der Waals surface area contributed by atoms with Crippen LogP contribution >= 0.6 is 11.6 Å². The Morgan fingerprint density at radius 3 is 2.06 bits per heavy atom. The molecule has 0 heterocycles. The highest BCUT2D eigenvalue weighted by Crippen LogP contribution is 2.30. The normalized spacial score (nSPS) is 10.3. The van der Waals surface area contributed by atoms with Crippen molar-refractivity contribution in [1.29, 1.82) is 0 Å². The van der Waals surface area contributed by atoms with Gasteiger partial charge in [-0.3, -0.25) is 0 Å². The average molecular weight is 287 g/mol. The number of benzene rings is 1. The molecule has 0 saturated carbocycles. The van der Waals surface area contributed by atoms with E-state index >= 15 is 0 Å². The van der Waals surface area contributed by atoms with E-state index in [1.807, 2.05) is 20.8 Å². The van der Waals surface area contributed by atoms with Gasteiger partial charge in [0.2, 0.25) is 0 Å². The predicted molar refractivity (Wildman–Crippen MR) is 75.3 cm³/mol. The summed E-state index contributed by atoms with van der Waals surface area (Å²) in [5.41, 5.74) is 1.00. The summed E-state index contributed by atoms with van der Waals surface area (Å²) in [4.78, 5) is 10.7. The third-order valence-corrected chi connectivity index (χ3v) is 2.35. The quantitative estimate of drug-likeness (QED) is 0.794. The average Bonchev–Trinajstić information content (AvgIpc) is 2.14. The molecule has 0 radical (unpaired) electrons. The van der Waals surface area contributed by atoms with E-state index in [9.17, 15) is 9.26 Å². The van der Waals surface area contributed by atoms with E-state index in [0.29, 0.717) is 5.02 Å². The number of aromatic carboxylic acids is 1. The van der Waals surface area contributed by atoms with Crippen molar-refractivity contribution < 1.29 is 14.4 Å². The van der Waals surface area contributed by atoms with E-state index in [1.54, 1.807) is 25.2 Å². The van der Waals surface area contributed by atoms with Gasteiger partial charge < -0.3 is 9.57 Å². The van der Waals surface area contributed by atoms with E-state index < -0.39 is 14.7 Å². The Balaban J connectivity index is 0.000000631. The standard InChI is InChI=1S/C11H13ClO2.C2H6OSi/c1-11(2,3)8-6-7(10(13)14)4-5-9(8)12;1-4(2)3/h4-6H,1-3H3,(H,13,14);1-2H3. The largest absolute Gasteiger partial charge is 0.478 e. The Kier molecular flexibility index (Phi) is 6.42. The Bertz CT molecular complexity index is 446. The maximum atomic E-state index is 10.7. The van der Waals surface area contributed by atoms with E-state index in [-0.39, 0.29) is 11.0 Å². The van der Waals surface area contributed by atoms with Crippen LogP contribution in [0.25, 0.3) is 0 Å². The monoisotopic (exact) mass is 286 g/mol. The number of halogens is 1. The van der Waals surface area contributed by atoms with Crippen LogP contribution in [0.2, 0.25) is 18.1 Å². The Hall–Kier alpha value is -1.00. The third-order valence-electron chi connectivity index (χ3n) is 2.02. The second-order valence-electron chi connectivity index (χ2n) is 5.16. The maximum Gasteiger partial charge on any atom is 0.335 e.